The van der Waals surface area contributed by atoms with Gasteiger partial charge in [-0.2, -0.15) is 0 Å². The maximum atomic E-state index is 12.1. The summed E-state index contributed by atoms with van der Waals surface area (Å²) >= 11 is 0. The molecule has 0 aliphatic heterocycles. The molecule has 1 N–H and O–H groups in total. The minimum absolute atomic E-state index is 0.0887. The Morgan fingerprint density at radius 2 is 1.86 bits per heavy atom. The van der Waals surface area contributed by atoms with Crippen LogP contribution in [0, 0.1) is 34.5 Å². The van der Waals surface area contributed by atoms with Crippen molar-refractivity contribution in [3.8, 4) is 0 Å². The number of ketones is 1. The smallest absolute Gasteiger partial charge is 0.158 e. The van der Waals surface area contributed by atoms with Gasteiger partial charge in [0.1, 0.15) is 0 Å². The molecule has 0 heterocycles. The highest BCUT2D eigenvalue weighted by Crippen LogP contribution is 2.65. The first-order valence-electron chi connectivity index (χ1n) is 9.27. The van der Waals surface area contributed by atoms with E-state index in [9.17, 15) is 9.90 Å². The SMILES string of the molecule is CC1=C[C@@]2(C)C(CC[C@H]3[C@@H]4CC[C@H](O)[C@@]4(C)CC[C@@H]32)CC1=O. The van der Waals surface area contributed by atoms with Gasteiger partial charge < -0.3 is 5.11 Å². The van der Waals surface area contributed by atoms with Gasteiger partial charge in [0.25, 0.3) is 0 Å². The summed E-state index contributed by atoms with van der Waals surface area (Å²) < 4.78 is 0. The molecule has 4 rings (SSSR count). The Hall–Kier alpha value is -0.630. The molecular formula is C20H30O2. The van der Waals surface area contributed by atoms with Crippen LogP contribution in [0.3, 0.4) is 0 Å². The monoisotopic (exact) mass is 302 g/mol. The van der Waals surface area contributed by atoms with Gasteiger partial charge in [-0.3, -0.25) is 4.79 Å². The van der Waals surface area contributed by atoms with Crippen LogP contribution in [0.15, 0.2) is 11.6 Å². The summed E-state index contributed by atoms with van der Waals surface area (Å²) in [6, 6.07) is 0. The van der Waals surface area contributed by atoms with Crippen LogP contribution >= 0.6 is 0 Å². The van der Waals surface area contributed by atoms with E-state index < -0.39 is 0 Å². The maximum absolute atomic E-state index is 12.1. The molecule has 0 aromatic carbocycles. The van der Waals surface area contributed by atoms with E-state index in [1.54, 1.807) is 0 Å². The molecule has 0 aromatic heterocycles. The van der Waals surface area contributed by atoms with Crippen molar-refractivity contribution < 1.29 is 9.90 Å². The Morgan fingerprint density at radius 1 is 1.09 bits per heavy atom. The third-order valence-electron chi connectivity index (χ3n) is 8.31. The van der Waals surface area contributed by atoms with Gasteiger partial charge in [-0.25, -0.2) is 0 Å². The van der Waals surface area contributed by atoms with Gasteiger partial charge >= 0.3 is 0 Å². The predicted molar refractivity (Wildman–Crippen MR) is 87.3 cm³/mol. The zero-order chi connectivity index (χ0) is 15.7. The number of aliphatic hydroxyl groups excluding tert-OH is 1. The van der Waals surface area contributed by atoms with Crippen molar-refractivity contribution in [3.63, 3.8) is 0 Å². The highest BCUT2D eigenvalue weighted by Gasteiger charge is 2.59. The van der Waals surface area contributed by atoms with Crippen molar-refractivity contribution in [1.82, 2.24) is 0 Å². The first-order valence-corrected chi connectivity index (χ1v) is 9.27. The standard InChI is InChI=1S/C20H30O2/c1-12-11-20(3)13(10-17(12)21)4-5-14-15-6-7-18(22)19(15,2)9-8-16(14)20/h11,13-16,18,22H,4-10H2,1-3H3/t13?,14-,15-,16-,18-,19-,20-/m0/s1. The van der Waals surface area contributed by atoms with E-state index in [-0.39, 0.29) is 16.9 Å². The van der Waals surface area contributed by atoms with Crippen LogP contribution in [0.4, 0.5) is 0 Å². The molecule has 4 aliphatic rings. The fraction of sp³-hybridized carbons (Fsp3) is 0.850. The van der Waals surface area contributed by atoms with E-state index in [1.165, 1.54) is 32.1 Å². The lowest BCUT2D eigenvalue weighted by Crippen LogP contribution is -2.53. The van der Waals surface area contributed by atoms with Crippen LogP contribution in [0.1, 0.15) is 65.7 Å². The van der Waals surface area contributed by atoms with Gasteiger partial charge in [0.2, 0.25) is 0 Å². The lowest BCUT2D eigenvalue weighted by atomic mass is 9.46. The van der Waals surface area contributed by atoms with Crippen molar-refractivity contribution >= 4 is 5.78 Å². The zero-order valence-corrected chi connectivity index (χ0v) is 14.3. The van der Waals surface area contributed by atoms with E-state index in [1.807, 2.05) is 6.92 Å². The summed E-state index contributed by atoms with van der Waals surface area (Å²) in [6.07, 6.45) is 10.1. The van der Waals surface area contributed by atoms with Crippen molar-refractivity contribution in [3.05, 3.63) is 11.6 Å². The molecule has 0 spiro atoms. The number of carbonyl (C=O) groups excluding carboxylic acids is 1. The summed E-state index contributed by atoms with van der Waals surface area (Å²) in [6.45, 7) is 6.78. The lowest BCUT2D eigenvalue weighted by molar-refractivity contribution is -0.125. The second kappa shape index (κ2) is 4.69. The van der Waals surface area contributed by atoms with Gasteiger partial charge in [0.15, 0.2) is 5.78 Å². The first-order chi connectivity index (χ1) is 10.4. The maximum Gasteiger partial charge on any atom is 0.158 e. The molecule has 3 saturated carbocycles. The van der Waals surface area contributed by atoms with E-state index in [4.69, 9.17) is 0 Å². The number of fused-ring (bicyclic) bond motifs is 5. The average molecular weight is 302 g/mol. The van der Waals surface area contributed by atoms with Gasteiger partial charge in [-0.15, -0.1) is 0 Å². The van der Waals surface area contributed by atoms with Crippen molar-refractivity contribution in [2.45, 2.75) is 71.8 Å². The first kappa shape index (κ1) is 14.9. The third kappa shape index (κ3) is 1.79. The third-order valence-corrected chi connectivity index (χ3v) is 8.31. The number of Topliss-reactive ketones (excluding diaryl/α,β-unsaturated/α-hetero) is 1. The van der Waals surface area contributed by atoms with E-state index >= 15 is 0 Å². The summed E-state index contributed by atoms with van der Waals surface area (Å²) in [5.74, 6) is 3.11. The topological polar surface area (TPSA) is 37.3 Å². The largest absolute Gasteiger partial charge is 0.393 e. The molecule has 0 aromatic rings. The second-order valence-corrected chi connectivity index (χ2v) is 9.11. The highest BCUT2D eigenvalue weighted by atomic mass is 16.3. The summed E-state index contributed by atoms with van der Waals surface area (Å²) in [4.78, 5) is 12.1. The molecule has 2 heteroatoms. The molecule has 0 amide bonds. The Balaban J connectivity index is 1.70. The van der Waals surface area contributed by atoms with Crippen LogP contribution in [0.25, 0.3) is 0 Å². The van der Waals surface area contributed by atoms with E-state index in [0.29, 0.717) is 17.6 Å². The molecule has 0 radical (unpaired) electrons. The van der Waals surface area contributed by atoms with Gasteiger partial charge in [-0.1, -0.05) is 19.9 Å². The molecule has 22 heavy (non-hydrogen) atoms. The molecule has 0 saturated heterocycles. The number of rotatable bonds is 0. The number of allylic oxidation sites excluding steroid dienone is 2. The number of carbonyl (C=O) groups is 1. The van der Waals surface area contributed by atoms with Crippen LogP contribution in [-0.4, -0.2) is 17.0 Å². The normalized spacial score (nSPS) is 54.3. The Bertz CT molecular complexity index is 536. The molecule has 7 atom stereocenters. The molecule has 3 fully saturated rings. The van der Waals surface area contributed by atoms with Crippen molar-refractivity contribution in [1.29, 1.82) is 0 Å². The molecule has 122 valence electrons. The van der Waals surface area contributed by atoms with E-state index in [0.717, 1.165) is 30.3 Å². The Morgan fingerprint density at radius 3 is 2.64 bits per heavy atom. The molecule has 0 bridgehead atoms. The number of aliphatic hydroxyl groups is 1. The van der Waals surface area contributed by atoms with Gasteiger partial charge in [0.05, 0.1) is 6.10 Å². The predicted octanol–water partition coefficient (Wildman–Crippen LogP) is 4.13. The molecule has 1 unspecified atom stereocenters. The molecule has 2 nitrogen and oxygen atoms in total. The molecule has 4 aliphatic carbocycles. The quantitative estimate of drug-likeness (QED) is 0.730. The fourth-order valence-corrected chi connectivity index (χ4v) is 6.92. The lowest BCUT2D eigenvalue weighted by Gasteiger charge is -2.58. The fourth-order valence-electron chi connectivity index (χ4n) is 6.92. The Kier molecular flexibility index (Phi) is 3.18. The van der Waals surface area contributed by atoms with Crippen LogP contribution < -0.4 is 0 Å². The van der Waals surface area contributed by atoms with Crippen LogP contribution in [0.5, 0.6) is 0 Å². The summed E-state index contributed by atoms with van der Waals surface area (Å²) in [5.41, 5.74) is 1.38. The van der Waals surface area contributed by atoms with Crippen molar-refractivity contribution in [2.24, 2.45) is 34.5 Å². The Labute approximate surface area is 134 Å². The summed E-state index contributed by atoms with van der Waals surface area (Å²) in [7, 11) is 0. The van der Waals surface area contributed by atoms with Crippen LogP contribution in [0.2, 0.25) is 0 Å². The summed E-state index contributed by atoms with van der Waals surface area (Å²) in [5, 5.41) is 10.5. The number of hydrogen-bond acceptors (Lipinski definition) is 2. The minimum atomic E-state index is -0.0887. The second-order valence-electron chi connectivity index (χ2n) is 9.11. The van der Waals surface area contributed by atoms with Gasteiger partial charge in [0, 0.05) is 6.42 Å². The molecular weight excluding hydrogens is 272 g/mol. The van der Waals surface area contributed by atoms with Crippen LogP contribution in [-0.2, 0) is 4.79 Å². The minimum Gasteiger partial charge on any atom is -0.393 e. The highest BCUT2D eigenvalue weighted by molar-refractivity contribution is 5.96. The van der Waals surface area contributed by atoms with Gasteiger partial charge in [-0.05, 0) is 85.5 Å². The average Bonchev–Trinajstić information content (AvgIpc) is 2.77. The van der Waals surface area contributed by atoms with E-state index in [2.05, 4.69) is 19.9 Å². The number of hydrogen-bond donors (Lipinski definition) is 1. The van der Waals surface area contributed by atoms with Crippen molar-refractivity contribution in [2.75, 3.05) is 0 Å². The zero-order valence-electron chi connectivity index (χ0n) is 14.3.